The summed E-state index contributed by atoms with van der Waals surface area (Å²) in [4.78, 5) is 29.8. The first kappa shape index (κ1) is 19.1. The molecule has 1 aliphatic heterocycles. The summed E-state index contributed by atoms with van der Waals surface area (Å²) in [5, 5.41) is 9.12. The standard InChI is InChI=1S/C18H23BrN2O5/c1-17(2,3)26-16(24)21-9-11-6-13(21)18(7-11,25-10-15(22)23)12-4-5-14(19)20-8-12/h4-5,8,11,13H,6-7,9-10H2,1-3H3,(H,22,23). The van der Waals surface area contributed by atoms with E-state index in [2.05, 4.69) is 20.9 Å². The van der Waals surface area contributed by atoms with Crippen molar-refractivity contribution < 1.29 is 24.2 Å². The molecule has 2 aliphatic rings. The predicted molar refractivity (Wildman–Crippen MR) is 96.7 cm³/mol. The number of fused-ring (bicyclic) bond motifs is 2. The summed E-state index contributed by atoms with van der Waals surface area (Å²) in [6, 6.07) is 3.39. The van der Waals surface area contributed by atoms with Gasteiger partial charge in [0, 0.05) is 18.3 Å². The third-order valence-corrected chi connectivity index (χ3v) is 5.28. The normalized spacial score (nSPS) is 27.6. The number of aliphatic carboxylic acids is 1. The molecule has 2 heterocycles. The molecule has 1 saturated heterocycles. The first-order chi connectivity index (χ1) is 12.1. The van der Waals surface area contributed by atoms with E-state index in [1.165, 1.54) is 0 Å². The predicted octanol–water partition coefficient (Wildman–Crippen LogP) is 3.17. The molecule has 0 radical (unpaired) electrons. The van der Waals surface area contributed by atoms with Crippen LogP contribution in [0.5, 0.6) is 0 Å². The minimum absolute atomic E-state index is 0.241. The number of amides is 1. The molecule has 0 aromatic carbocycles. The molecule has 142 valence electrons. The molecule has 3 rings (SSSR count). The van der Waals surface area contributed by atoms with Crippen LogP contribution in [0.4, 0.5) is 4.79 Å². The number of pyridine rings is 1. The van der Waals surface area contributed by atoms with Crippen molar-refractivity contribution in [3.63, 3.8) is 0 Å². The van der Waals surface area contributed by atoms with Crippen molar-refractivity contribution in [3.05, 3.63) is 28.5 Å². The van der Waals surface area contributed by atoms with Crippen molar-refractivity contribution in [2.24, 2.45) is 5.92 Å². The zero-order chi connectivity index (χ0) is 19.1. The van der Waals surface area contributed by atoms with E-state index >= 15 is 0 Å². The van der Waals surface area contributed by atoms with Crippen LogP contribution >= 0.6 is 15.9 Å². The number of piperidine rings is 1. The Morgan fingerprint density at radius 3 is 2.69 bits per heavy atom. The van der Waals surface area contributed by atoms with Gasteiger partial charge in [-0.3, -0.25) is 0 Å². The average Bonchev–Trinajstić information content (AvgIpc) is 3.10. The highest BCUT2D eigenvalue weighted by Crippen LogP contribution is 2.52. The Hall–Kier alpha value is -1.67. The fraction of sp³-hybridized carbons (Fsp3) is 0.611. The van der Waals surface area contributed by atoms with E-state index in [4.69, 9.17) is 14.6 Å². The maximum Gasteiger partial charge on any atom is 0.410 e. The summed E-state index contributed by atoms with van der Waals surface area (Å²) in [6.07, 6.45) is 2.71. The summed E-state index contributed by atoms with van der Waals surface area (Å²) in [5.74, 6) is -0.800. The fourth-order valence-electron chi connectivity index (χ4n) is 3.97. The molecule has 3 atom stereocenters. The Balaban J connectivity index is 1.93. The molecule has 1 aliphatic carbocycles. The Bertz CT molecular complexity index is 703. The van der Waals surface area contributed by atoms with E-state index in [1.807, 2.05) is 26.8 Å². The van der Waals surface area contributed by atoms with Crippen LogP contribution in [-0.2, 0) is 19.9 Å². The zero-order valence-electron chi connectivity index (χ0n) is 15.1. The van der Waals surface area contributed by atoms with E-state index in [0.29, 0.717) is 17.6 Å². The number of ether oxygens (including phenoxy) is 2. The van der Waals surface area contributed by atoms with E-state index in [9.17, 15) is 9.59 Å². The largest absolute Gasteiger partial charge is 0.480 e. The lowest BCUT2D eigenvalue weighted by molar-refractivity contribution is -0.157. The number of halogens is 1. The second kappa shape index (κ2) is 6.81. The highest BCUT2D eigenvalue weighted by atomic mass is 79.9. The van der Waals surface area contributed by atoms with Gasteiger partial charge in [0.05, 0.1) is 6.04 Å². The third kappa shape index (κ3) is 3.71. The van der Waals surface area contributed by atoms with Crippen molar-refractivity contribution in [1.29, 1.82) is 0 Å². The summed E-state index contributed by atoms with van der Waals surface area (Å²) in [6.45, 7) is 5.65. The van der Waals surface area contributed by atoms with Crippen molar-refractivity contribution in [3.8, 4) is 0 Å². The molecule has 0 spiro atoms. The minimum Gasteiger partial charge on any atom is -0.480 e. The average molecular weight is 427 g/mol. The number of hydrogen-bond donors (Lipinski definition) is 1. The number of aromatic nitrogens is 1. The monoisotopic (exact) mass is 426 g/mol. The summed E-state index contributed by atoms with van der Waals surface area (Å²) in [5.41, 5.74) is -0.697. The van der Waals surface area contributed by atoms with Gasteiger partial charge in [-0.05, 0) is 61.5 Å². The lowest BCUT2D eigenvalue weighted by Gasteiger charge is -2.43. The molecular weight excluding hydrogens is 404 g/mol. The maximum atomic E-state index is 12.7. The topological polar surface area (TPSA) is 89.0 Å². The van der Waals surface area contributed by atoms with Gasteiger partial charge in [0.15, 0.2) is 0 Å². The quantitative estimate of drug-likeness (QED) is 0.743. The molecule has 1 N–H and O–H groups in total. The van der Waals surface area contributed by atoms with Gasteiger partial charge in [0.25, 0.3) is 0 Å². The van der Waals surface area contributed by atoms with Crippen LogP contribution in [0.15, 0.2) is 22.9 Å². The molecule has 3 unspecified atom stereocenters. The van der Waals surface area contributed by atoms with Gasteiger partial charge in [-0.15, -0.1) is 0 Å². The lowest BCUT2D eigenvalue weighted by atomic mass is 9.86. The van der Waals surface area contributed by atoms with Crippen molar-refractivity contribution in [2.45, 2.75) is 50.9 Å². The maximum absolute atomic E-state index is 12.7. The Labute approximate surface area is 160 Å². The molecular formula is C18H23BrN2O5. The van der Waals surface area contributed by atoms with Crippen LogP contribution in [-0.4, -0.2) is 51.8 Å². The number of rotatable bonds is 4. The van der Waals surface area contributed by atoms with Gasteiger partial charge in [-0.2, -0.15) is 0 Å². The highest BCUT2D eigenvalue weighted by molar-refractivity contribution is 9.10. The van der Waals surface area contributed by atoms with E-state index in [-0.39, 0.29) is 12.0 Å². The molecule has 8 heteroatoms. The summed E-state index contributed by atoms with van der Waals surface area (Å²) in [7, 11) is 0. The molecule has 1 saturated carbocycles. The van der Waals surface area contributed by atoms with Crippen molar-refractivity contribution in [2.75, 3.05) is 13.2 Å². The van der Waals surface area contributed by atoms with Crippen LogP contribution in [0.25, 0.3) is 0 Å². The van der Waals surface area contributed by atoms with Gasteiger partial charge < -0.3 is 19.5 Å². The first-order valence-electron chi connectivity index (χ1n) is 8.58. The molecule has 7 nitrogen and oxygen atoms in total. The van der Waals surface area contributed by atoms with Crippen LogP contribution in [0, 0.1) is 5.92 Å². The van der Waals surface area contributed by atoms with Crippen LogP contribution in [0.2, 0.25) is 0 Å². The number of carbonyl (C=O) groups is 2. The number of likely N-dealkylation sites (tertiary alicyclic amines) is 1. The van der Waals surface area contributed by atoms with Crippen molar-refractivity contribution in [1.82, 2.24) is 9.88 Å². The van der Waals surface area contributed by atoms with Gasteiger partial charge in [0.1, 0.15) is 22.4 Å². The summed E-state index contributed by atoms with van der Waals surface area (Å²) >= 11 is 3.31. The Morgan fingerprint density at radius 1 is 1.42 bits per heavy atom. The minimum atomic E-state index is -1.04. The Morgan fingerprint density at radius 2 is 2.15 bits per heavy atom. The second-order valence-electron chi connectivity index (χ2n) is 7.90. The molecule has 2 fully saturated rings. The molecule has 1 amide bonds. The fourth-order valence-corrected chi connectivity index (χ4v) is 4.20. The molecule has 1 aromatic heterocycles. The number of carbonyl (C=O) groups excluding carboxylic acids is 1. The second-order valence-corrected chi connectivity index (χ2v) is 8.71. The number of carboxylic acid groups (broad SMARTS) is 1. The van der Waals surface area contributed by atoms with Crippen molar-refractivity contribution >= 4 is 28.0 Å². The lowest BCUT2D eigenvalue weighted by Crippen LogP contribution is -2.54. The first-order valence-corrected chi connectivity index (χ1v) is 9.37. The van der Waals surface area contributed by atoms with Gasteiger partial charge >= 0.3 is 12.1 Å². The van der Waals surface area contributed by atoms with E-state index in [1.54, 1.807) is 17.2 Å². The Kier molecular flexibility index (Phi) is 5.00. The smallest absolute Gasteiger partial charge is 0.410 e. The number of carboxylic acids is 1. The summed E-state index contributed by atoms with van der Waals surface area (Å²) < 4.78 is 12.1. The molecule has 26 heavy (non-hydrogen) atoms. The van der Waals surface area contributed by atoms with E-state index < -0.39 is 29.9 Å². The zero-order valence-corrected chi connectivity index (χ0v) is 16.7. The van der Waals surface area contributed by atoms with E-state index in [0.717, 1.165) is 12.0 Å². The van der Waals surface area contributed by atoms with Gasteiger partial charge in [-0.25, -0.2) is 14.6 Å². The number of hydrogen-bond acceptors (Lipinski definition) is 5. The third-order valence-electron chi connectivity index (χ3n) is 4.82. The number of nitrogens with zero attached hydrogens (tertiary/aromatic N) is 2. The highest BCUT2D eigenvalue weighted by Gasteiger charge is 2.59. The molecule has 2 bridgehead atoms. The SMILES string of the molecule is CC(C)(C)OC(=O)N1CC2CC1C(OCC(=O)O)(c1ccc(Br)nc1)C2. The van der Waals surface area contributed by atoms with Gasteiger partial charge in [0.2, 0.25) is 0 Å². The van der Waals surface area contributed by atoms with Crippen LogP contribution < -0.4 is 0 Å². The van der Waals surface area contributed by atoms with Crippen LogP contribution in [0.3, 0.4) is 0 Å². The van der Waals surface area contributed by atoms with Crippen LogP contribution in [0.1, 0.15) is 39.2 Å². The van der Waals surface area contributed by atoms with Gasteiger partial charge in [-0.1, -0.05) is 6.07 Å². The molecule has 1 aromatic rings.